The van der Waals surface area contributed by atoms with Crippen LogP contribution in [-0.4, -0.2) is 29.0 Å². The minimum Gasteiger partial charge on any atom is -0.329 e. The van der Waals surface area contributed by atoms with Crippen molar-refractivity contribution in [2.24, 2.45) is 0 Å². The van der Waals surface area contributed by atoms with Gasteiger partial charge in [-0.2, -0.15) is 0 Å². The van der Waals surface area contributed by atoms with E-state index in [4.69, 9.17) is 0 Å². The summed E-state index contributed by atoms with van der Waals surface area (Å²) in [5.74, 6) is 2.31. The first kappa shape index (κ1) is 9.13. The van der Waals surface area contributed by atoms with Crippen molar-refractivity contribution in [3.63, 3.8) is 0 Å². The van der Waals surface area contributed by atoms with E-state index in [-0.39, 0.29) is 0 Å². The topological polar surface area (TPSA) is 20.3 Å². The van der Waals surface area contributed by atoms with Crippen LogP contribution >= 0.6 is 11.8 Å². The molecule has 0 bridgehead atoms. The number of allylic oxidation sites excluding steroid dienone is 1. The quantitative estimate of drug-likeness (QED) is 0.641. The SMILES string of the molecule is O=C(C1=CCCCC1)N1CCSC1. The largest absolute Gasteiger partial charge is 0.329 e. The van der Waals surface area contributed by atoms with Gasteiger partial charge in [-0.05, 0) is 25.7 Å². The number of amides is 1. The Balaban J connectivity index is 1.98. The van der Waals surface area contributed by atoms with Crippen LogP contribution in [-0.2, 0) is 4.79 Å². The molecule has 2 rings (SSSR count). The van der Waals surface area contributed by atoms with Gasteiger partial charge in [-0.15, -0.1) is 11.8 Å². The van der Waals surface area contributed by atoms with Gasteiger partial charge in [0.25, 0.3) is 0 Å². The number of carbonyl (C=O) groups is 1. The molecule has 2 nitrogen and oxygen atoms in total. The lowest BCUT2D eigenvalue weighted by Gasteiger charge is -2.18. The summed E-state index contributed by atoms with van der Waals surface area (Å²) < 4.78 is 0. The van der Waals surface area contributed by atoms with Crippen LogP contribution in [0.25, 0.3) is 0 Å². The summed E-state index contributed by atoms with van der Waals surface area (Å²) in [6, 6.07) is 0. The third kappa shape index (κ3) is 2.08. The van der Waals surface area contributed by atoms with Crippen LogP contribution in [0.5, 0.6) is 0 Å². The minimum absolute atomic E-state index is 0.296. The Morgan fingerprint density at radius 2 is 2.38 bits per heavy atom. The van der Waals surface area contributed by atoms with Crippen LogP contribution in [0.4, 0.5) is 0 Å². The highest BCUT2D eigenvalue weighted by molar-refractivity contribution is 7.99. The van der Waals surface area contributed by atoms with Crippen LogP contribution in [0.15, 0.2) is 11.6 Å². The lowest BCUT2D eigenvalue weighted by molar-refractivity contribution is -0.125. The second-order valence-electron chi connectivity index (χ2n) is 3.58. The number of rotatable bonds is 1. The van der Waals surface area contributed by atoms with Crippen LogP contribution in [0.1, 0.15) is 25.7 Å². The maximum atomic E-state index is 11.8. The molecule has 13 heavy (non-hydrogen) atoms. The van der Waals surface area contributed by atoms with Gasteiger partial charge in [0.2, 0.25) is 5.91 Å². The van der Waals surface area contributed by atoms with Gasteiger partial charge in [0.15, 0.2) is 0 Å². The lowest BCUT2D eigenvalue weighted by atomic mass is 9.99. The molecule has 1 saturated heterocycles. The highest BCUT2D eigenvalue weighted by Crippen LogP contribution is 2.22. The predicted molar refractivity (Wildman–Crippen MR) is 55.6 cm³/mol. The molecule has 0 spiro atoms. The summed E-state index contributed by atoms with van der Waals surface area (Å²) in [7, 11) is 0. The molecular weight excluding hydrogens is 182 g/mol. The summed E-state index contributed by atoms with van der Waals surface area (Å²) in [6.45, 7) is 0.945. The van der Waals surface area contributed by atoms with Crippen LogP contribution < -0.4 is 0 Å². The molecule has 1 aliphatic carbocycles. The Bertz CT molecular complexity index is 231. The summed E-state index contributed by atoms with van der Waals surface area (Å²) in [5.41, 5.74) is 1.06. The maximum absolute atomic E-state index is 11.8. The van der Waals surface area contributed by atoms with Gasteiger partial charge < -0.3 is 4.90 Å². The van der Waals surface area contributed by atoms with Crippen molar-refractivity contribution in [2.75, 3.05) is 18.2 Å². The van der Waals surface area contributed by atoms with E-state index in [9.17, 15) is 4.79 Å². The van der Waals surface area contributed by atoms with Crippen molar-refractivity contribution < 1.29 is 4.79 Å². The summed E-state index contributed by atoms with van der Waals surface area (Å²) in [5, 5.41) is 0. The highest BCUT2D eigenvalue weighted by Gasteiger charge is 2.22. The molecule has 0 aromatic carbocycles. The van der Waals surface area contributed by atoms with Gasteiger partial charge >= 0.3 is 0 Å². The highest BCUT2D eigenvalue weighted by atomic mass is 32.2. The van der Waals surface area contributed by atoms with E-state index in [1.54, 1.807) is 0 Å². The first-order chi connectivity index (χ1) is 6.38. The van der Waals surface area contributed by atoms with E-state index in [0.29, 0.717) is 5.91 Å². The van der Waals surface area contributed by atoms with E-state index in [0.717, 1.165) is 36.6 Å². The Morgan fingerprint density at radius 3 is 3.00 bits per heavy atom. The molecule has 0 saturated carbocycles. The van der Waals surface area contributed by atoms with Gasteiger partial charge in [0, 0.05) is 17.9 Å². The van der Waals surface area contributed by atoms with E-state index < -0.39 is 0 Å². The molecule has 0 aromatic rings. The second-order valence-corrected chi connectivity index (χ2v) is 4.66. The molecular formula is C10H15NOS. The molecule has 72 valence electrons. The molecule has 0 N–H and O–H groups in total. The fourth-order valence-electron chi connectivity index (χ4n) is 1.81. The van der Waals surface area contributed by atoms with E-state index in [1.165, 1.54) is 12.8 Å². The fourth-order valence-corrected chi connectivity index (χ4v) is 2.76. The minimum atomic E-state index is 0.296. The zero-order chi connectivity index (χ0) is 9.10. The summed E-state index contributed by atoms with van der Waals surface area (Å²) in [6.07, 6.45) is 6.68. The summed E-state index contributed by atoms with van der Waals surface area (Å²) in [4.78, 5) is 13.8. The molecule has 0 unspecified atom stereocenters. The first-order valence-electron chi connectivity index (χ1n) is 4.94. The molecule has 1 aliphatic heterocycles. The molecule has 3 heteroatoms. The smallest absolute Gasteiger partial charge is 0.250 e. The molecule has 2 aliphatic rings. The van der Waals surface area contributed by atoms with Crippen LogP contribution in [0.3, 0.4) is 0 Å². The van der Waals surface area contributed by atoms with E-state index >= 15 is 0 Å². The monoisotopic (exact) mass is 197 g/mol. The normalized spacial score (nSPS) is 23.1. The summed E-state index contributed by atoms with van der Waals surface area (Å²) >= 11 is 1.85. The Hall–Kier alpha value is -0.440. The number of nitrogens with zero attached hydrogens (tertiary/aromatic N) is 1. The number of hydrogen-bond donors (Lipinski definition) is 0. The molecule has 1 fully saturated rings. The number of carbonyl (C=O) groups excluding carboxylic acids is 1. The number of hydrogen-bond acceptors (Lipinski definition) is 2. The average Bonchev–Trinajstić information content (AvgIpc) is 2.71. The molecule has 1 amide bonds. The van der Waals surface area contributed by atoms with Crippen molar-refractivity contribution in [3.8, 4) is 0 Å². The third-order valence-corrected chi connectivity index (χ3v) is 3.57. The van der Waals surface area contributed by atoms with Crippen molar-refractivity contribution in [2.45, 2.75) is 25.7 Å². The fraction of sp³-hybridized carbons (Fsp3) is 0.700. The van der Waals surface area contributed by atoms with Crippen LogP contribution in [0, 0.1) is 0 Å². The average molecular weight is 197 g/mol. The van der Waals surface area contributed by atoms with Crippen molar-refractivity contribution in [1.82, 2.24) is 4.90 Å². The molecule has 0 atom stereocenters. The lowest BCUT2D eigenvalue weighted by Crippen LogP contribution is -2.29. The van der Waals surface area contributed by atoms with Gasteiger partial charge in [0.1, 0.15) is 0 Å². The first-order valence-corrected chi connectivity index (χ1v) is 6.09. The second kappa shape index (κ2) is 4.18. The van der Waals surface area contributed by atoms with Gasteiger partial charge in [-0.25, -0.2) is 0 Å². The Kier molecular flexibility index (Phi) is 2.94. The van der Waals surface area contributed by atoms with E-state index in [2.05, 4.69) is 6.08 Å². The van der Waals surface area contributed by atoms with Crippen molar-refractivity contribution in [3.05, 3.63) is 11.6 Å². The van der Waals surface area contributed by atoms with Crippen LogP contribution in [0.2, 0.25) is 0 Å². The standard InChI is InChI=1S/C10H15NOS/c12-10(11-6-7-13-8-11)9-4-2-1-3-5-9/h4H,1-3,5-8H2. The Morgan fingerprint density at radius 1 is 1.46 bits per heavy atom. The molecule has 0 aromatic heterocycles. The zero-order valence-electron chi connectivity index (χ0n) is 7.79. The Labute approximate surface area is 83.4 Å². The van der Waals surface area contributed by atoms with Gasteiger partial charge in [0.05, 0.1) is 5.88 Å². The predicted octanol–water partition coefficient (Wildman–Crippen LogP) is 2.02. The molecule has 1 heterocycles. The maximum Gasteiger partial charge on any atom is 0.250 e. The van der Waals surface area contributed by atoms with Gasteiger partial charge in [-0.3, -0.25) is 4.79 Å². The van der Waals surface area contributed by atoms with E-state index in [1.807, 2.05) is 16.7 Å². The number of thioether (sulfide) groups is 1. The van der Waals surface area contributed by atoms with Crippen molar-refractivity contribution >= 4 is 17.7 Å². The van der Waals surface area contributed by atoms with Gasteiger partial charge in [-0.1, -0.05) is 6.08 Å². The zero-order valence-corrected chi connectivity index (χ0v) is 8.61. The molecule has 0 radical (unpaired) electrons. The van der Waals surface area contributed by atoms with Crippen molar-refractivity contribution in [1.29, 1.82) is 0 Å². The third-order valence-electron chi connectivity index (χ3n) is 2.61.